The minimum atomic E-state index is -4.71. The van der Waals surface area contributed by atoms with Crippen LogP contribution in [0.2, 0.25) is 0 Å². The summed E-state index contributed by atoms with van der Waals surface area (Å²) in [5, 5.41) is 0. The van der Waals surface area contributed by atoms with Crippen molar-refractivity contribution in [3.05, 3.63) is 29.8 Å². The van der Waals surface area contributed by atoms with Crippen molar-refractivity contribution in [2.24, 2.45) is 5.73 Å². The number of halogens is 4. The summed E-state index contributed by atoms with van der Waals surface area (Å²) >= 11 is 0. The number of benzene rings is 1. The van der Waals surface area contributed by atoms with Crippen LogP contribution in [0.25, 0.3) is 0 Å². The highest BCUT2D eigenvalue weighted by Crippen LogP contribution is 2.23. The Labute approximate surface area is 157 Å². The molecule has 5 nitrogen and oxygen atoms in total. The van der Waals surface area contributed by atoms with E-state index in [1.807, 2.05) is 0 Å². The van der Waals surface area contributed by atoms with Crippen LogP contribution in [0, 0.1) is 0 Å². The first-order chi connectivity index (χ1) is 11.9. The first kappa shape index (κ1) is 22.5. The number of carbonyl (C=O) groups is 1. The average Bonchev–Trinajstić information content (AvgIpc) is 2.56. The maximum absolute atomic E-state index is 12.3. The highest BCUT2D eigenvalue weighted by atomic mass is 35.5. The molecule has 1 aliphatic heterocycles. The van der Waals surface area contributed by atoms with E-state index in [0.29, 0.717) is 31.8 Å². The van der Waals surface area contributed by atoms with E-state index in [2.05, 4.69) is 4.74 Å². The fourth-order valence-electron chi connectivity index (χ4n) is 2.70. The van der Waals surface area contributed by atoms with Gasteiger partial charge in [-0.15, -0.1) is 25.6 Å². The molecule has 2 N–H and O–H groups in total. The summed E-state index contributed by atoms with van der Waals surface area (Å²) in [5.74, 6) is -0.330. The van der Waals surface area contributed by atoms with Crippen molar-refractivity contribution >= 4 is 18.3 Å². The molecule has 0 radical (unpaired) electrons. The molecule has 0 saturated carbocycles. The average molecular weight is 397 g/mol. The van der Waals surface area contributed by atoms with E-state index in [4.69, 9.17) is 10.5 Å². The third-order valence-electron chi connectivity index (χ3n) is 4.01. The number of alkyl halides is 3. The van der Waals surface area contributed by atoms with E-state index in [0.717, 1.165) is 19.3 Å². The lowest BCUT2D eigenvalue weighted by atomic mass is 10.1. The fraction of sp³-hybridized carbons (Fsp3) is 0.588. The monoisotopic (exact) mass is 396 g/mol. The summed E-state index contributed by atoms with van der Waals surface area (Å²) in [7, 11) is 0. The number of amides is 1. The van der Waals surface area contributed by atoms with Crippen molar-refractivity contribution in [1.82, 2.24) is 4.90 Å². The van der Waals surface area contributed by atoms with Crippen molar-refractivity contribution in [1.29, 1.82) is 0 Å². The van der Waals surface area contributed by atoms with E-state index >= 15 is 0 Å². The highest BCUT2D eigenvalue weighted by molar-refractivity contribution is 5.85. The van der Waals surface area contributed by atoms with Gasteiger partial charge in [0.1, 0.15) is 5.75 Å². The zero-order valence-corrected chi connectivity index (χ0v) is 15.2. The van der Waals surface area contributed by atoms with E-state index in [9.17, 15) is 18.0 Å². The molecule has 1 saturated heterocycles. The number of ether oxygens (including phenoxy) is 2. The SMILES string of the molecule is Cl.NCCCOC1CCN(C(=O)Cc2ccc(OC(F)(F)F)cc2)CC1. The van der Waals surface area contributed by atoms with Gasteiger partial charge >= 0.3 is 6.36 Å². The molecule has 26 heavy (non-hydrogen) atoms. The van der Waals surface area contributed by atoms with Crippen LogP contribution in [0.5, 0.6) is 5.75 Å². The van der Waals surface area contributed by atoms with E-state index in [1.54, 1.807) is 4.90 Å². The normalized spacial score (nSPS) is 15.5. The van der Waals surface area contributed by atoms with Crippen LogP contribution in [-0.2, 0) is 16.0 Å². The second kappa shape index (κ2) is 10.6. The predicted octanol–water partition coefficient (Wildman–Crippen LogP) is 2.91. The number of nitrogens with two attached hydrogens (primary N) is 1. The number of rotatable bonds is 7. The van der Waals surface area contributed by atoms with Gasteiger partial charge in [-0.2, -0.15) is 0 Å². The van der Waals surface area contributed by atoms with Gasteiger partial charge in [-0.1, -0.05) is 12.1 Å². The van der Waals surface area contributed by atoms with Gasteiger partial charge in [-0.3, -0.25) is 4.79 Å². The third kappa shape index (κ3) is 7.80. The van der Waals surface area contributed by atoms with Gasteiger partial charge in [-0.25, -0.2) is 0 Å². The Morgan fingerprint density at radius 2 is 1.81 bits per heavy atom. The molecule has 9 heteroatoms. The lowest BCUT2D eigenvalue weighted by Crippen LogP contribution is -2.41. The summed E-state index contributed by atoms with van der Waals surface area (Å²) in [5.41, 5.74) is 6.08. The van der Waals surface area contributed by atoms with Crippen LogP contribution in [0.4, 0.5) is 13.2 Å². The molecule has 0 aliphatic carbocycles. The summed E-state index contributed by atoms with van der Waals surface area (Å²) in [6.07, 6.45) is -2.00. The van der Waals surface area contributed by atoms with Crippen molar-refractivity contribution < 1.29 is 27.4 Å². The quantitative estimate of drug-likeness (QED) is 0.720. The Kier molecular flexibility index (Phi) is 9.18. The fourth-order valence-corrected chi connectivity index (χ4v) is 2.70. The maximum atomic E-state index is 12.3. The van der Waals surface area contributed by atoms with Crippen molar-refractivity contribution in [3.8, 4) is 5.75 Å². The van der Waals surface area contributed by atoms with Gasteiger partial charge in [0.2, 0.25) is 5.91 Å². The van der Waals surface area contributed by atoms with E-state index in [1.165, 1.54) is 24.3 Å². The van der Waals surface area contributed by atoms with Gasteiger partial charge in [0.15, 0.2) is 0 Å². The largest absolute Gasteiger partial charge is 0.573 e. The van der Waals surface area contributed by atoms with Gasteiger partial charge in [0.25, 0.3) is 0 Å². The zero-order valence-electron chi connectivity index (χ0n) is 14.3. The first-order valence-corrected chi connectivity index (χ1v) is 8.31. The van der Waals surface area contributed by atoms with Gasteiger partial charge in [0, 0.05) is 19.7 Å². The van der Waals surface area contributed by atoms with Crippen LogP contribution < -0.4 is 10.5 Å². The van der Waals surface area contributed by atoms with Crippen molar-refractivity contribution in [3.63, 3.8) is 0 Å². The van der Waals surface area contributed by atoms with Crippen LogP contribution in [0.1, 0.15) is 24.8 Å². The minimum absolute atomic E-state index is 0. The van der Waals surface area contributed by atoms with Gasteiger partial charge in [0.05, 0.1) is 12.5 Å². The lowest BCUT2D eigenvalue weighted by molar-refractivity contribution is -0.274. The Morgan fingerprint density at radius 1 is 1.19 bits per heavy atom. The number of piperidine rings is 1. The third-order valence-corrected chi connectivity index (χ3v) is 4.01. The van der Waals surface area contributed by atoms with Crippen LogP contribution in [0.3, 0.4) is 0 Å². The molecule has 1 aromatic carbocycles. The van der Waals surface area contributed by atoms with Crippen LogP contribution in [-0.4, -0.2) is 49.5 Å². The summed E-state index contributed by atoms with van der Waals surface area (Å²) in [4.78, 5) is 14.1. The number of likely N-dealkylation sites (tertiary alicyclic amines) is 1. The summed E-state index contributed by atoms with van der Waals surface area (Å²) < 4.78 is 45.9. The molecule has 1 aromatic rings. The van der Waals surface area contributed by atoms with Crippen molar-refractivity contribution in [2.45, 2.75) is 38.1 Å². The van der Waals surface area contributed by atoms with Gasteiger partial charge < -0.3 is 20.1 Å². The minimum Gasteiger partial charge on any atom is -0.406 e. The molecule has 0 atom stereocenters. The molecule has 0 unspecified atom stereocenters. The van der Waals surface area contributed by atoms with Crippen LogP contribution >= 0.6 is 12.4 Å². The van der Waals surface area contributed by atoms with Crippen LogP contribution in [0.15, 0.2) is 24.3 Å². The highest BCUT2D eigenvalue weighted by Gasteiger charge is 2.31. The Bertz CT molecular complexity index is 547. The Morgan fingerprint density at radius 3 is 2.35 bits per heavy atom. The number of hydrogen-bond donors (Lipinski definition) is 1. The molecule has 1 fully saturated rings. The number of carbonyl (C=O) groups excluding carboxylic acids is 1. The Hall–Kier alpha value is -1.51. The van der Waals surface area contributed by atoms with E-state index in [-0.39, 0.29) is 36.6 Å². The second-order valence-corrected chi connectivity index (χ2v) is 5.96. The van der Waals surface area contributed by atoms with Crippen molar-refractivity contribution in [2.75, 3.05) is 26.2 Å². The summed E-state index contributed by atoms with van der Waals surface area (Å²) in [6, 6.07) is 5.38. The molecule has 1 heterocycles. The standard InChI is InChI=1S/C17H23F3N2O3.ClH/c18-17(19,20)25-15-4-2-13(3-5-15)12-16(23)22-9-6-14(7-10-22)24-11-1-8-21;/h2-5,14H,1,6-12,21H2;1H. The molecule has 1 amide bonds. The Balaban J connectivity index is 0.00000338. The lowest BCUT2D eigenvalue weighted by Gasteiger charge is -2.32. The topological polar surface area (TPSA) is 64.8 Å². The molecule has 0 spiro atoms. The number of hydrogen-bond acceptors (Lipinski definition) is 4. The predicted molar refractivity (Wildman–Crippen MR) is 93.3 cm³/mol. The summed E-state index contributed by atoms with van der Waals surface area (Å²) in [6.45, 7) is 2.49. The van der Waals surface area contributed by atoms with E-state index < -0.39 is 6.36 Å². The number of nitrogens with zero attached hydrogens (tertiary/aromatic N) is 1. The first-order valence-electron chi connectivity index (χ1n) is 8.31. The molecule has 0 aromatic heterocycles. The molecule has 1 aliphatic rings. The van der Waals surface area contributed by atoms with Gasteiger partial charge in [-0.05, 0) is 43.5 Å². The second-order valence-electron chi connectivity index (χ2n) is 5.96. The molecule has 0 bridgehead atoms. The molecular weight excluding hydrogens is 373 g/mol. The molecule has 148 valence electrons. The smallest absolute Gasteiger partial charge is 0.406 e. The molecular formula is C17H24ClF3N2O3. The maximum Gasteiger partial charge on any atom is 0.573 e. The molecule has 2 rings (SSSR count). The zero-order chi connectivity index (χ0) is 18.3.